The second-order valence-corrected chi connectivity index (χ2v) is 8.16. The van der Waals surface area contributed by atoms with Crippen LogP contribution in [0.25, 0.3) is 0 Å². The minimum atomic E-state index is -3.59. The van der Waals surface area contributed by atoms with Crippen LogP contribution in [0.4, 0.5) is 0 Å². The number of halogens is 1. The number of rotatable bonds is 5. The zero-order valence-electron chi connectivity index (χ0n) is 14.3. The Morgan fingerprint density at radius 2 is 2.08 bits per heavy atom. The third kappa shape index (κ3) is 4.92. The summed E-state index contributed by atoms with van der Waals surface area (Å²) < 4.78 is 26.3. The van der Waals surface area contributed by atoms with Gasteiger partial charge in [0.1, 0.15) is 0 Å². The molecule has 1 aromatic carbocycles. The molecule has 2 N–H and O–H groups in total. The third-order valence-corrected chi connectivity index (χ3v) is 6.16. The van der Waals surface area contributed by atoms with Crippen molar-refractivity contribution in [1.82, 2.24) is 14.9 Å². The highest BCUT2D eigenvalue weighted by Gasteiger charge is 2.24. The summed E-state index contributed by atoms with van der Waals surface area (Å²) in [5.74, 6) is -0.233. The number of piperidine rings is 1. The van der Waals surface area contributed by atoms with Gasteiger partial charge in [-0.25, -0.2) is 8.42 Å². The van der Waals surface area contributed by atoms with Crippen LogP contribution in [0, 0.1) is 0 Å². The topological polar surface area (TPSA) is 78.5 Å². The fourth-order valence-electron chi connectivity index (χ4n) is 2.49. The highest BCUT2D eigenvalue weighted by molar-refractivity contribution is 7.89. The molecule has 1 aromatic rings. The van der Waals surface area contributed by atoms with Crippen molar-refractivity contribution in [3.8, 4) is 0 Å². The third-order valence-electron chi connectivity index (χ3n) is 4.13. The number of nitrogens with one attached hydrogen (secondary N) is 2. The second-order valence-electron chi connectivity index (χ2n) is 6.16. The van der Waals surface area contributed by atoms with Gasteiger partial charge in [-0.3, -0.25) is 4.79 Å². The Kier molecular flexibility index (Phi) is 7.66. The second kappa shape index (κ2) is 8.80. The number of carbonyl (C=O) groups excluding carboxylic acids is 1. The van der Waals surface area contributed by atoms with Gasteiger partial charge in [0.15, 0.2) is 0 Å². The highest BCUT2D eigenvalue weighted by Crippen LogP contribution is 2.18. The number of benzene rings is 1. The zero-order valence-corrected chi connectivity index (χ0v) is 15.9. The maximum atomic E-state index is 12.5. The molecule has 1 aliphatic rings. The molecule has 0 aromatic heterocycles. The van der Waals surface area contributed by atoms with Crippen molar-refractivity contribution < 1.29 is 13.2 Å². The van der Waals surface area contributed by atoms with Crippen LogP contribution in [-0.2, 0) is 10.0 Å². The lowest BCUT2D eigenvalue weighted by molar-refractivity contribution is 0.0930. The van der Waals surface area contributed by atoms with Crippen molar-refractivity contribution in [2.24, 2.45) is 0 Å². The van der Waals surface area contributed by atoms with Crippen molar-refractivity contribution in [3.05, 3.63) is 29.8 Å². The molecule has 1 unspecified atom stereocenters. The van der Waals surface area contributed by atoms with E-state index in [-0.39, 0.29) is 35.3 Å². The van der Waals surface area contributed by atoms with E-state index in [4.69, 9.17) is 0 Å². The Hall–Kier alpha value is -1.15. The maximum absolute atomic E-state index is 12.5. The Morgan fingerprint density at radius 1 is 1.38 bits per heavy atom. The molecular formula is C16H26ClN3O3S. The lowest BCUT2D eigenvalue weighted by atomic mass is 10.1. The van der Waals surface area contributed by atoms with E-state index in [0.717, 1.165) is 25.9 Å². The Balaban J connectivity index is 0.00000288. The van der Waals surface area contributed by atoms with E-state index in [2.05, 4.69) is 10.6 Å². The molecule has 1 fully saturated rings. The standard InChI is InChI=1S/C16H25N3O3S.ClH/c1-12(2)19(3)23(21,22)15-8-4-6-13(10-15)16(20)18-14-7-5-9-17-11-14;/h4,6,8,10,12,14,17H,5,7,9,11H2,1-3H3,(H,18,20);1H. The van der Waals surface area contributed by atoms with Crippen LogP contribution in [0.3, 0.4) is 0 Å². The van der Waals surface area contributed by atoms with Gasteiger partial charge in [0.25, 0.3) is 5.91 Å². The number of amides is 1. The molecule has 1 saturated heterocycles. The van der Waals surface area contributed by atoms with Crippen molar-refractivity contribution in [2.45, 2.75) is 43.7 Å². The number of hydrogen-bond donors (Lipinski definition) is 2. The fourth-order valence-corrected chi connectivity index (χ4v) is 3.90. The van der Waals surface area contributed by atoms with Crippen molar-refractivity contribution in [1.29, 1.82) is 0 Å². The van der Waals surface area contributed by atoms with Gasteiger partial charge < -0.3 is 10.6 Å². The molecule has 0 radical (unpaired) electrons. The van der Waals surface area contributed by atoms with Gasteiger partial charge in [-0.05, 0) is 51.4 Å². The van der Waals surface area contributed by atoms with Crippen LogP contribution in [0.5, 0.6) is 0 Å². The monoisotopic (exact) mass is 375 g/mol. The fraction of sp³-hybridized carbons (Fsp3) is 0.562. The molecule has 0 bridgehead atoms. The van der Waals surface area contributed by atoms with Crippen LogP contribution in [0.15, 0.2) is 29.2 Å². The molecule has 1 atom stereocenters. The Morgan fingerprint density at radius 3 is 2.67 bits per heavy atom. The van der Waals surface area contributed by atoms with Crippen LogP contribution in [0.2, 0.25) is 0 Å². The summed E-state index contributed by atoms with van der Waals surface area (Å²) in [5, 5.41) is 6.19. The number of nitrogens with zero attached hydrogens (tertiary/aromatic N) is 1. The van der Waals surface area contributed by atoms with E-state index in [1.165, 1.54) is 16.4 Å². The number of sulfonamides is 1. The normalized spacial score (nSPS) is 18.3. The number of hydrogen-bond acceptors (Lipinski definition) is 4. The Labute approximate surface area is 150 Å². The largest absolute Gasteiger partial charge is 0.348 e. The SMILES string of the molecule is CC(C)N(C)S(=O)(=O)c1cccc(C(=O)NC2CCCNC2)c1.Cl. The predicted octanol–water partition coefficient (Wildman–Crippen LogP) is 1.62. The first kappa shape index (κ1) is 20.9. The summed E-state index contributed by atoms with van der Waals surface area (Å²) in [5.41, 5.74) is 0.369. The molecule has 0 spiro atoms. The van der Waals surface area contributed by atoms with Crippen LogP contribution in [-0.4, -0.2) is 50.9 Å². The van der Waals surface area contributed by atoms with Crippen molar-refractivity contribution >= 4 is 28.3 Å². The minimum absolute atomic E-state index is 0. The highest BCUT2D eigenvalue weighted by atomic mass is 35.5. The predicted molar refractivity (Wildman–Crippen MR) is 97.1 cm³/mol. The summed E-state index contributed by atoms with van der Waals surface area (Å²) in [6.45, 7) is 5.34. The summed E-state index contributed by atoms with van der Waals surface area (Å²) in [7, 11) is -2.04. The van der Waals surface area contributed by atoms with E-state index in [1.54, 1.807) is 19.2 Å². The molecule has 1 aliphatic heterocycles. The van der Waals surface area contributed by atoms with Crippen molar-refractivity contribution in [3.63, 3.8) is 0 Å². The van der Waals surface area contributed by atoms with Crippen LogP contribution >= 0.6 is 12.4 Å². The first-order valence-corrected chi connectivity index (χ1v) is 9.36. The molecular weight excluding hydrogens is 350 g/mol. The van der Waals surface area contributed by atoms with Crippen LogP contribution in [0.1, 0.15) is 37.0 Å². The van der Waals surface area contributed by atoms with E-state index >= 15 is 0 Å². The summed E-state index contributed by atoms with van der Waals surface area (Å²) >= 11 is 0. The first-order valence-electron chi connectivity index (χ1n) is 7.92. The van der Waals surface area contributed by atoms with E-state index < -0.39 is 10.0 Å². The summed E-state index contributed by atoms with van der Waals surface area (Å²) in [4.78, 5) is 12.5. The minimum Gasteiger partial charge on any atom is -0.348 e. The van der Waals surface area contributed by atoms with Gasteiger partial charge >= 0.3 is 0 Å². The van der Waals surface area contributed by atoms with Gasteiger partial charge in [0.2, 0.25) is 10.0 Å². The van der Waals surface area contributed by atoms with Gasteiger partial charge in [0.05, 0.1) is 4.90 Å². The Bertz CT molecular complexity index is 658. The van der Waals surface area contributed by atoms with Gasteiger partial charge in [-0.2, -0.15) is 4.31 Å². The summed E-state index contributed by atoms with van der Waals surface area (Å²) in [6, 6.07) is 6.16. The zero-order chi connectivity index (χ0) is 17.0. The molecule has 136 valence electrons. The van der Waals surface area contributed by atoms with Crippen molar-refractivity contribution in [2.75, 3.05) is 20.1 Å². The van der Waals surface area contributed by atoms with E-state index in [9.17, 15) is 13.2 Å². The molecule has 1 amide bonds. The molecule has 0 saturated carbocycles. The lowest BCUT2D eigenvalue weighted by Gasteiger charge is -2.24. The van der Waals surface area contributed by atoms with Gasteiger partial charge in [0, 0.05) is 31.2 Å². The first-order chi connectivity index (χ1) is 10.8. The molecule has 24 heavy (non-hydrogen) atoms. The number of carbonyl (C=O) groups is 1. The smallest absolute Gasteiger partial charge is 0.251 e. The molecule has 0 aliphatic carbocycles. The van der Waals surface area contributed by atoms with E-state index in [1.807, 2.05) is 13.8 Å². The molecule has 6 nitrogen and oxygen atoms in total. The lowest BCUT2D eigenvalue weighted by Crippen LogP contribution is -2.45. The molecule has 1 heterocycles. The van der Waals surface area contributed by atoms with E-state index in [0.29, 0.717) is 5.56 Å². The average molecular weight is 376 g/mol. The quantitative estimate of drug-likeness (QED) is 0.819. The molecule has 2 rings (SSSR count). The van der Waals surface area contributed by atoms with Crippen LogP contribution < -0.4 is 10.6 Å². The maximum Gasteiger partial charge on any atom is 0.251 e. The van der Waals surface area contributed by atoms with Gasteiger partial charge in [-0.15, -0.1) is 12.4 Å². The summed E-state index contributed by atoms with van der Waals surface area (Å²) in [6.07, 6.45) is 1.96. The van der Waals surface area contributed by atoms with Gasteiger partial charge in [-0.1, -0.05) is 6.07 Å². The molecule has 8 heteroatoms. The average Bonchev–Trinajstić information content (AvgIpc) is 2.55.